The van der Waals surface area contributed by atoms with Crippen LogP contribution in [-0.4, -0.2) is 21.7 Å². The molecule has 3 rings (SSSR count). The molecule has 0 spiro atoms. The van der Waals surface area contributed by atoms with Crippen molar-refractivity contribution in [2.24, 2.45) is 10.2 Å². The number of hydrogen-bond acceptors (Lipinski definition) is 6. The monoisotopic (exact) mass is 377 g/mol. The van der Waals surface area contributed by atoms with Gasteiger partial charge in [0.1, 0.15) is 11.4 Å². The van der Waals surface area contributed by atoms with E-state index in [2.05, 4.69) is 10.2 Å². The number of benzene rings is 3. The molecular weight excluding hydrogens is 358 g/mol. The van der Waals surface area contributed by atoms with Crippen LogP contribution in [0.4, 0.5) is 17.1 Å². The van der Waals surface area contributed by atoms with Gasteiger partial charge < -0.3 is 10.2 Å². The molecule has 28 heavy (non-hydrogen) atoms. The van der Waals surface area contributed by atoms with Crippen LogP contribution < -0.4 is 0 Å². The van der Waals surface area contributed by atoms with Crippen LogP contribution in [0.1, 0.15) is 11.1 Å². The lowest BCUT2D eigenvalue weighted by molar-refractivity contribution is -0.384. The average molecular weight is 377 g/mol. The van der Waals surface area contributed by atoms with Gasteiger partial charge in [-0.3, -0.25) is 10.1 Å². The summed E-state index contributed by atoms with van der Waals surface area (Å²) in [4.78, 5) is 11.0. The van der Waals surface area contributed by atoms with E-state index in [0.29, 0.717) is 6.42 Å². The van der Waals surface area contributed by atoms with Gasteiger partial charge in [-0.15, -0.1) is 10.2 Å². The second kappa shape index (κ2) is 8.41. The quantitative estimate of drug-likeness (QED) is 0.348. The van der Waals surface area contributed by atoms with Crippen molar-refractivity contribution in [3.05, 3.63) is 81.9 Å². The van der Waals surface area contributed by atoms with E-state index in [1.807, 2.05) is 31.2 Å². The topological polar surface area (TPSA) is 108 Å². The van der Waals surface area contributed by atoms with Crippen molar-refractivity contribution >= 4 is 17.1 Å². The highest BCUT2D eigenvalue weighted by atomic mass is 16.6. The van der Waals surface area contributed by atoms with Crippen LogP contribution in [0.3, 0.4) is 0 Å². The van der Waals surface area contributed by atoms with Crippen LogP contribution in [0.15, 0.2) is 70.9 Å². The van der Waals surface area contributed by atoms with Crippen LogP contribution in [0, 0.1) is 17.0 Å². The number of aryl methyl sites for hydroxylation is 1. The predicted octanol–water partition coefficient (Wildman–Crippen LogP) is 5.23. The Labute approximate surface area is 161 Å². The minimum Gasteiger partial charge on any atom is -0.506 e. The van der Waals surface area contributed by atoms with E-state index in [4.69, 9.17) is 5.11 Å². The molecule has 7 nitrogen and oxygen atoms in total. The van der Waals surface area contributed by atoms with E-state index in [0.717, 1.165) is 22.3 Å². The van der Waals surface area contributed by atoms with Crippen LogP contribution >= 0.6 is 0 Å². The zero-order chi connectivity index (χ0) is 20.1. The summed E-state index contributed by atoms with van der Waals surface area (Å²) >= 11 is 0. The van der Waals surface area contributed by atoms with Gasteiger partial charge in [-0.25, -0.2) is 0 Å². The number of phenolic OH excluding ortho intramolecular Hbond substituents is 1. The summed E-state index contributed by atoms with van der Waals surface area (Å²) < 4.78 is 0. The molecule has 0 atom stereocenters. The zero-order valence-electron chi connectivity index (χ0n) is 15.2. The molecule has 0 saturated heterocycles. The Morgan fingerprint density at radius 1 is 1.00 bits per heavy atom. The van der Waals surface area contributed by atoms with Crippen LogP contribution in [0.5, 0.6) is 5.75 Å². The molecule has 0 radical (unpaired) electrons. The van der Waals surface area contributed by atoms with Gasteiger partial charge in [0.05, 0.1) is 4.92 Å². The summed E-state index contributed by atoms with van der Waals surface area (Å²) in [6, 6.07) is 17.1. The Hall–Kier alpha value is -3.58. The maximum Gasteiger partial charge on any atom is 0.297 e. The van der Waals surface area contributed by atoms with Gasteiger partial charge in [0, 0.05) is 12.7 Å². The Morgan fingerprint density at radius 3 is 2.46 bits per heavy atom. The lowest BCUT2D eigenvalue weighted by Gasteiger charge is -2.06. The van der Waals surface area contributed by atoms with E-state index < -0.39 is 4.92 Å². The van der Waals surface area contributed by atoms with Crippen LogP contribution in [-0.2, 0) is 6.42 Å². The second-order valence-corrected chi connectivity index (χ2v) is 6.27. The molecule has 0 heterocycles. The zero-order valence-corrected chi connectivity index (χ0v) is 15.2. The molecule has 0 aromatic heterocycles. The van der Waals surface area contributed by atoms with Gasteiger partial charge in [0.2, 0.25) is 0 Å². The predicted molar refractivity (Wildman–Crippen MR) is 106 cm³/mol. The van der Waals surface area contributed by atoms with E-state index >= 15 is 0 Å². The molecule has 3 aromatic carbocycles. The lowest BCUT2D eigenvalue weighted by atomic mass is 10.00. The SMILES string of the molecule is Cc1ccccc1-c1ccc(N=Nc2cc(CCO)ccc2O)c([N+](=O)[O-])c1. The van der Waals surface area contributed by atoms with E-state index in [1.165, 1.54) is 18.2 Å². The summed E-state index contributed by atoms with van der Waals surface area (Å²) in [5.74, 6) is -0.0929. The first-order valence-electron chi connectivity index (χ1n) is 8.68. The smallest absolute Gasteiger partial charge is 0.297 e. The third kappa shape index (κ3) is 4.21. The Bertz CT molecular complexity index is 1050. The largest absolute Gasteiger partial charge is 0.506 e. The highest BCUT2D eigenvalue weighted by Gasteiger charge is 2.16. The molecule has 7 heteroatoms. The van der Waals surface area contributed by atoms with Crippen molar-refractivity contribution < 1.29 is 15.1 Å². The van der Waals surface area contributed by atoms with Crippen LogP contribution in [0.2, 0.25) is 0 Å². The number of azo groups is 1. The number of nitrogens with zero attached hydrogens (tertiary/aromatic N) is 3. The Kier molecular flexibility index (Phi) is 5.76. The number of rotatable bonds is 6. The van der Waals surface area contributed by atoms with Gasteiger partial charge in [-0.05, 0) is 53.8 Å². The second-order valence-electron chi connectivity index (χ2n) is 6.27. The maximum absolute atomic E-state index is 11.5. The molecule has 0 aliphatic carbocycles. The van der Waals surface area contributed by atoms with Crippen LogP contribution in [0.25, 0.3) is 11.1 Å². The molecular formula is C21H19N3O4. The molecule has 0 bridgehead atoms. The highest BCUT2D eigenvalue weighted by molar-refractivity contribution is 5.74. The number of aliphatic hydroxyl groups is 1. The third-order valence-corrected chi connectivity index (χ3v) is 4.33. The van der Waals surface area contributed by atoms with Crippen molar-refractivity contribution in [1.29, 1.82) is 0 Å². The summed E-state index contributed by atoms with van der Waals surface area (Å²) in [5, 5.41) is 38.4. The van der Waals surface area contributed by atoms with Crippen molar-refractivity contribution in [3.8, 4) is 16.9 Å². The molecule has 0 fully saturated rings. The standard InChI is InChI=1S/C21H19N3O4/c1-14-4-2-3-5-17(14)16-7-8-18(20(13-16)24(27)28)22-23-19-12-15(10-11-25)6-9-21(19)26/h2-9,12-13,25-26H,10-11H2,1H3. The number of aliphatic hydroxyl groups excluding tert-OH is 1. The number of nitro benzene ring substituents is 1. The van der Waals surface area contributed by atoms with E-state index in [9.17, 15) is 15.2 Å². The number of nitro groups is 1. The summed E-state index contributed by atoms with van der Waals surface area (Å²) in [6.45, 7) is 1.91. The number of hydrogen-bond donors (Lipinski definition) is 2. The van der Waals surface area contributed by atoms with Gasteiger partial charge in [-0.1, -0.05) is 36.4 Å². The number of phenols is 1. The minimum absolute atomic E-state index is 0.0345. The fourth-order valence-corrected chi connectivity index (χ4v) is 2.86. The molecule has 0 saturated carbocycles. The summed E-state index contributed by atoms with van der Waals surface area (Å²) in [5.41, 5.74) is 3.52. The Balaban J connectivity index is 1.99. The minimum atomic E-state index is -0.502. The van der Waals surface area contributed by atoms with Crippen molar-refractivity contribution in [1.82, 2.24) is 0 Å². The Morgan fingerprint density at radius 2 is 1.75 bits per heavy atom. The first kappa shape index (κ1) is 19.2. The molecule has 2 N–H and O–H groups in total. The first-order valence-corrected chi connectivity index (χ1v) is 8.68. The lowest BCUT2D eigenvalue weighted by Crippen LogP contribution is -1.91. The van der Waals surface area contributed by atoms with Crippen molar-refractivity contribution in [3.63, 3.8) is 0 Å². The van der Waals surface area contributed by atoms with Gasteiger partial charge in [0.25, 0.3) is 5.69 Å². The van der Waals surface area contributed by atoms with Crippen molar-refractivity contribution in [2.75, 3.05) is 6.61 Å². The third-order valence-electron chi connectivity index (χ3n) is 4.33. The summed E-state index contributed by atoms with van der Waals surface area (Å²) in [7, 11) is 0. The maximum atomic E-state index is 11.5. The molecule has 0 amide bonds. The average Bonchev–Trinajstić information content (AvgIpc) is 2.69. The molecule has 3 aromatic rings. The van der Waals surface area contributed by atoms with E-state index in [-0.39, 0.29) is 29.4 Å². The number of aromatic hydroxyl groups is 1. The highest BCUT2D eigenvalue weighted by Crippen LogP contribution is 2.36. The molecule has 0 unspecified atom stereocenters. The molecule has 0 aliphatic rings. The molecule has 142 valence electrons. The van der Waals surface area contributed by atoms with Crippen molar-refractivity contribution in [2.45, 2.75) is 13.3 Å². The first-order chi connectivity index (χ1) is 13.5. The summed E-state index contributed by atoms with van der Waals surface area (Å²) in [6.07, 6.45) is 0.411. The fraction of sp³-hybridized carbons (Fsp3) is 0.143. The normalized spacial score (nSPS) is 11.1. The molecule has 0 aliphatic heterocycles. The van der Waals surface area contributed by atoms with Gasteiger partial charge in [-0.2, -0.15) is 0 Å². The van der Waals surface area contributed by atoms with E-state index in [1.54, 1.807) is 18.2 Å². The van der Waals surface area contributed by atoms with Gasteiger partial charge in [0.15, 0.2) is 5.69 Å². The fourth-order valence-electron chi connectivity index (χ4n) is 2.86. The van der Waals surface area contributed by atoms with Gasteiger partial charge >= 0.3 is 0 Å².